The van der Waals surface area contributed by atoms with Gasteiger partial charge >= 0.3 is 6.18 Å². The first-order chi connectivity index (χ1) is 20.2. The van der Waals surface area contributed by atoms with Crippen molar-refractivity contribution in [2.75, 3.05) is 44.0 Å². The van der Waals surface area contributed by atoms with Gasteiger partial charge in [-0.05, 0) is 86.6 Å². The highest BCUT2D eigenvalue weighted by Gasteiger charge is 2.31. The second-order valence-corrected chi connectivity index (χ2v) is 10.2. The van der Waals surface area contributed by atoms with Crippen LogP contribution in [-0.4, -0.2) is 54.5 Å². The average Bonchev–Trinajstić information content (AvgIpc) is 3.42. The first kappa shape index (κ1) is 29.0. The van der Waals surface area contributed by atoms with E-state index in [-0.39, 0.29) is 35.8 Å². The molecule has 0 spiro atoms. The van der Waals surface area contributed by atoms with Crippen LogP contribution in [0.2, 0.25) is 0 Å². The lowest BCUT2D eigenvalue weighted by molar-refractivity contribution is -0.137. The van der Waals surface area contributed by atoms with E-state index in [2.05, 4.69) is 10.2 Å². The number of piperidine rings is 1. The minimum Gasteiger partial charge on any atom is -0.492 e. The van der Waals surface area contributed by atoms with Crippen LogP contribution in [0.15, 0.2) is 77.2 Å². The largest absolute Gasteiger partial charge is 0.492 e. The molecule has 4 aromatic rings. The molecule has 1 aliphatic rings. The SMILES string of the molecule is Nc1ccccc1NC(=O)c1ccc(OCCN(CN2CCCCC2)C(=O)c2cc3cc(C(F)(F)F)ccc3o2)cc1. The molecular formula is C31H31F3N4O4. The summed E-state index contributed by atoms with van der Waals surface area (Å²) in [5.74, 6) is -0.262. The summed E-state index contributed by atoms with van der Waals surface area (Å²) in [4.78, 5) is 29.8. The number of amides is 2. The number of nitrogens with two attached hydrogens (primary N) is 1. The fourth-order valence-corrected chi connectivity index (χ4v) is 4.84. The van der Waals surface area contributed by atoms with E-state index in [9.17, 15) is 22.8 Å². The standard InChI is InChI=1S/C31H31F3N4O4/c32-31(33,34)23-10-13-27-22(18-23)19-28(42-27)30(40)38(20-37-14-4-1-5-15-37)16-17-41-24-11-8-21(9-12-24)29(39)36-26-7-3-2-6-25(26)35/h2-3,6-13,18-19H,1,4-5,14-17,20,35H2,(H,36,39). The van der Waals surface area contributed by atoms with Crippen molar-refractivity contribution in [1.29, 1.82) is 0 Å². The quantitative estimate of drug-likeness (QED) is 0.227. The van der Waals surface area contributed by atoms with Crippen molar-refractivity contribution in [2.45, 2.75) is 25.4 Å². The summed E-state index contributed by atoms with van der Waals surface area (Å²) in [5, 5.41) is 2.98. The lowest BCUT2D eigenvalue weighted by Gasteiger charge is -2.32. The minimum atomic E-state index is -4.49. The predicted octanol–water partition coefficient (Wildman–Crippen LogP) is 6.25. The van der Waals surface area contributed by atoms with Gasteiger partial charge < -0.3 is 25.1 Å². The van der Waals surface area contributed by atoms with Crippen LogP contribution in [0.25, 0.3) is 11.0 Å². The van der Waals surface area contributed by atoms with Crippen molar-refractivity contribution in [3.05, 3.63) is 89.7 Å². The molecule has 5 rings (SSSR count). The van der Waals surface area contributed by atoms with Crippen LogP contribution >= 0.6 is 0 Å². The number of likely N-dealkylation sites (tertiary alicyclic amines) is 1. The van der Waals surface area contributed by atoms with E-state index in [0.29, 0.717) is 29.4 Å². The Morgan fingerprint density at radius 3 is 2.43 bits per heavy atom. The first-order valence-electron chi connectivity index (χ1n) is 13.7. The highest BCUT2D eigenvalue weighted by Crippen LogP contribution is 2.32. The van der Waals surface area contributed by atoms with Crippen LogP contribution in [0.1, 0.15) is 45.7 Å². The lowest BCUT2D eigenvalue weighted by Crippen LogP contribution is -2.45. The molecule has 11 heteroatoms. The predicted molar refractivity (Wildman–Crippen MR) is 153 cm³/mol. The Balaban J connectivity index is 1.24. The van der Waals surface area contributed by atoms with Gasteiger partial charge in [0.25, 0.3) is 11.8 Å². The molecule has 0 aliphatic carbocycles. The maximum Gasteiger partial charge on any atom is 0.416 e. The Kier molecular flexibility index (Phi) is 8.67. The van der Waals surface area contributed by atoms with E-state index in [0.717, 1.165) is 44.5 Å². The third kappa shape index (κ3) is 7.03. The Labute approximate surface area is 240 Å². The normalized spacial score (nSPS) is 14.1. The first-order valence-corrected chi connectivity index (χ1v) is 13.7. The monoisotopic (exact) mass is 580 g/mol. The van der Waals surface area contributed by atoms with E-state index < -0.39 is 17.6 Å². The molecule has 0 radical (unpaired) electrons. The molecule has 220 valence electrons. The number of carbonyl (C=O) groups excluding carboxylic acids is 2. The highest BCUT2D eigenvalue weighted by molar-refractivity contribution is 6.05. The maximum absolute atomic E-state index is 13.5. The number of fused-ring (bicyclic) bond motifs is 1. The summed E-state index contributed by atoms with van der Waals surface area (Å²) in [5.41, 5.74) is 6.70. The molecule has 0 atom stereocenters. The number of ether oxygens (including phenoxy) is 1. The minimum absolute atomic E-state index is 0.0317. The number of nitrogens with zero attached hydrogens (tertiary/aromatic N) is 2. The Hall–Kier alpha value is -4.51. The van der Waals surface area contributed by atoms with Crippen molar-refractivity contribution in [3.8, 4) is 5.75 Å². The molecule has 0 saturated carbocycles. The summed E-state index contributed by atoms with van der Waals surface area (Å²) in [6, 6.07) is 18.1. The van der Waals surface area contributed by atoms with Gasteiger partial charge in [0.2, 0.25) is 0 Å². The van der Waals surface area contributed by atoms with Gasteiger partial charge in [0.05, 0.1) is 30.2 Å². The van der Waals surface area contributed by atoms with Gasteiger partial charge in [-0.2, -0.15) is 13.2 Å². The van der Waals surface area contributed by atoms with Gasteiger partial charge in [0.1, 0.15) is 17.9 Å². The molecule has 0 bridgehead atoms. The van der Waals surface area contributed by atoms with Crippen LogP contribution < -0.4 is 15.8 Å². The van der Waals surface area contributed by atoms with E-state index in [1.165, 1.54) is 12.1 Å². The summed E-state index contributed by atoms with van der Waals surface area (Å²) in [6.45, 7) is 2.41. The van der Waals surface area contributed by atoms with Crippen molar-refractivity contribution in [3.63, 3.8) is 0 Å². The fourth-order valence-electron chi connectivity index (χ4n) is 4.84. The molecule has 1 aromatic heterocycles. The molecule has 0 unspecified atom stereocenters. The highest BCUT2D eigenvalue weighted by atomic mass is 19.4. The van der Waals surface area contributed by atoms with E-state index in [1.54, 1.807) is 53.4 Å². The zero-order valence-electron chi connectivity index (χ0n) is 22.8. The topological polar surface area (TPSA) is 101 Å². The van der Waals surface area contributed by atoms with Crippen molar-refractivity contribution < 1.29 is 31.9 Å². The number of benzene rings is 3. The van der Waals surface area contributed by atoms with Gasteiger partial charge in [-0.3, -0.25) is 14.5 Å². The molecule has 3 aromatic carbocycles. The molecule has 1 aliphatic heterocycles. The van der Waals surface area contributed by atoms with Gasteiger partial charge in [0.15, 0.2) is 5.76 Å². The van der Waals surface area contributed by atoms with E-state index >= 15 is 0 Å². The third-order valence-electron chi connectivity index (χ3n) is 7.12. The Bertz CT molecular complexity index is 1550. The smallest absolute Gasteiger partial charge is 0.416 e. The van der Waals surface area contributed by atoms with Gasteiger partial charge in [0, 0.05) is 10.9 Å². The Morgan fingerprint density at radius 1 is 0.976 bits per heavy atom. The number of hydrogen-bond acceptors (Lipinski definition) is 6. The van der Waals surface area contributed by atoms with Crippen LogP contribution in [0.5, 0.6) is 5.75 Å². The number of nitrogen functional groups attached to an aromatic ring is 1. The average molecular weight is 581 g/mol. The third-order valence-corrected chi connectivity index (χ3v) is 7.12. The summed E-state index contributed by atoms with van der Waals surface area (Å²) < 4.78 is 51.0. The number of hydrogen-bond donors (Lipinski definition) is 2. The van der Waals surface area contributed by atoms with Crippen LogP contribution in [0, 0.1) is 0 Å². The number of carbonyl (C=O) groups is 2. The zero-order valence-corrected chi connectivity index (χ0v) is 22.8. The van der Waals surface area contributed by atoms with Crippen molar-refractivity contribution >= 4 is 34.2 Å². The molecule has 42 heavy (non-hydrogen) atoms. The number of alkyl halides is 3. The fraction of sp³-hybridized carbons (Fsp3) is 0.290. The molecule has 1 saturated heterocycles. The number of anilines is 2. The summed E-state index contributed by atoms with van der Waals surface area (Å²) in [7, 11) is 0. The van der Waals surface area contributed by atoms with Gasteiger partial charge in [-0.25, -0.2) is 0 Å². The van der Waals surface area contributed by atoms with Crippen molar-refractivity contribution in [1.82, 2.24) is 9.80 Å². The van der Waals surface area contributed by atoms with Crippen molar-refractivity contribution in [2.24, 2.45) is 0 Å². The number of furan rings is 1. The zero-order chi connectivity index (χ0) is 29.7. The molecule has 1 fully saturated rings. The summed E-state index contributed by atoms with van der Waals surface area (Å²) >= 11 is 0. The number of rotatable bonds is 9. The summed E-state index contributed by atoms with van der Waals surface area (Å²) in [6.07, 6.45) is -1.31. The van der Waals surface area contributed by atoms with Gasteiger partial charge in [-0.15, -0.1) is 0 Å². The Morgan fingerprint density at radius 2 is 1.71 bits per heavy atom. The van der Waals surface area contributed by atoms with Crippen LogP contribution in [0.3, 0.4) is 0 Å². The van der Waals surface area contributed by atoms with E-state index in [1.807, 2.05) is 0 Å². The molecule has 2 amide bonds. The lowest BCUT2D eigenvalue weighted by atomic mass is 10.1. The second kappa shape index (κ2) is 12.6. The molecule has 2 heterocycles. The molecular weight excluding hydrogens is 549 g/mol. The van der Waals surface area contributed by atoms with E-state index in [4.69, 9.17) is 14.9 Å². The number of nitrogens with one attached hydrogen (secondary N) is 1. The maximum atomic E-state index is 13.5. The number of para-hydroxylation sites is 2. The molecule has 3 N–H and O–H groups in total. The van der Waals surface area contributed by atoms with Gasteiger partial charge in [-0.1, -0.05) is 18.6 Å². The van der Waals surface area contributed by atoms with Crippen LogP contribution in [0.4, 0.5) is 24.5 Å². The van der Waals surface area contributed by atoms with Crippen LogP contribution in [-0.2, 0) is 6.18 Å². The molecule has 8 nitrogen and oxygen atoms in total. The second-order valence-electron chi connectivity index (χ2n) is 10.2. The number of halogens is 3.